The first-order chi connectivity index (χ1) is 8.65. The maximum absolute atomic E-state index is 5.71. The fourth-order valence-electron chi connectivity index (χ4n) is 2.10. The summed E-state index contributed by atoms with van der Waals surface area (Å²) in [6.07, 6.45) is 1.60. The van der Waals surface area contributed by atoms with Crippen molar-refractivity contribution in [2.45, 2.75) is 20.8 Å². The monoisotopic (exact) mass is 247 g/mol. The van der Waals surface area contributed by atoms with Gasteiger partial charge in [-0.2, -0.15) is 9.61 Å². The Morgan fingerprint density at radius 3 is 2.89 bits per heavy atom. The Hall–Kier alpha value is -1.62. The van der Waals surface area contributed by atoms with Crippen LogP contribution in [-0.4, -0.2) is 34.2 Å². The van der Waals surface area contributed by atoms with Gasteiger partial charge in [-0.3, -0.25) is 0 Å². The summed E-state index contributed by atoms with van der Waals surface area (Å²) in [4.78, 5) is 6.55. The van der Waals surface area contributed by atoms with Gasteiger partial charge in [0.2, 0.25) is 0 Å². The molecule has 0 amide bonds. The lowest BCUT2D eigenvalue weighted by molar-refractivity contribution is 0.569. The molecule has 1 unspecified atom stereocenters. The molecule has 1 atom stereocenters. The molecule has 0 saturated heterocycles. The molecule has 0 saturated carbocycles. The van der Waals surface area contributed by atoms with Crippen LogP contribution in [0.3, 0.4) is 0 Å². The zero-order chi connectivity index (χ0) is 13.1. The van der Waals surface area contributed by atoms with Gasteiger partial charge in [-0.05, 0) is 44.0 Å². The largest absolute Gasteiger partial charge is 0.356 e. The average molecular weight is 247 g/mol. The van der Waals surface area contributed by atoms with Crippen LogP contribution in [-0.2, 0) is 0 Å². The molecular formula is C13H21N5. The van der Waals surface area contributed by atoms with Crippen molar-refractivity contribution in [3.8, 4) is 0 Å². The van der Waals surface area contributed by atoms with E-state index in [2.05, 4.69) is 41.8 Å². The zero-order valence-corrected chi connectivity index (χ0v) is 11.3. The second-order valence-corrected chi connectivity index (χ2v) is 4.80. The molecule has 98 valence electrons. The smallest absolute Gasteiger partial charge is 0.157 e. The number of aryl methyl sites for hydroxylation is 1. The average Bonchev–Trinajstić information content (AvgIpc) is 2.82. The third-order valence-electron chi connectivity index (χ3n) is 3.14. The number of hydrogen-bond donors (Lipinski definition) is 1. The van der Waals surface area contributed by atoms with E-state index in [1.807, 2.05) is 10.6 Å². The van der Waals surface area contributed by atoms with Gasteiger partial charge >= 0.3 is 0 Å². The van der Waals surface area contributed by atoms with E-state index in [0.717, 1.165) is 24.6 Å². The third kappa shape index (κ3) is 2.46. The standard InChI is InChI=1S/C13H21N5/c1-4-17(8-11(3)7-14)13-6-10(2)5-12-15-9-16-18(12)13/h5-6,9,11H,4,7-8,14H2,1-3H3. The molecule has 2 aromatic heterocycles. The summed E-state index contributed by atoms with van der Waals surface area (Å²) in [6, 6.07) is 4.19. The number of rotatable bonds is 5. The molecule has 0 aliphatic carbocycles. The summed E-state index contributed by atoms with van der Waals surface area (Å²) >= 11 is 0. The predicted molar refractivity (Wildman–Crippen MR) is 73.8 cm³/mol. The van der Waals surface area contributed by atoms with Crippen molar-refractivity contribution in [1.29, 1.82) is 0 Å². The molecule has 5 heteroatoms. The van der Waals surface area contributed by atoms with Gasteiger partial charge in [-0.25, -0.2) is 4.98 Å². The van der Waals surface area contributed by atoms with Crippen molar-refractivity contribution in [3.05, 3.63) is 24.0 Å². The molecule has 0 bridgehead atoms. The fraction of sp³-hybridized carbons (Fsp3) is 0.538. The number of fused-ring (bicyclic) bond motifs is 1. The van der Waals surface area contributed by atoms with E-state index in [9.17, 15) is 0 Å². The van der Waals surface area contributed by atoms with Crippen molar-refractivity contribution >= 4 is 11.5 Å². The van der Waals surface area contributed by atoms with E-state index in [1.54, 1.807) is 6.33 Å². The van der Waals surface area contributed by atoms with Crippen LogP contribution in [0, 0.1) is 12.8 Å². The van der Waals surface area contributed by atoms with E-state index in [4.69, 9.17) is 5.73 Å². The normalized spacial score (nSPS) is 12.9. The molecule has 0 fully saturated rings. The molecular weight excluding hydrogens is 226 g/mol. The van der Waals surface area contributed by atoms with Crippen LogP contribution >= 0.6 is 0 Å². The first-order valence-electron chi connectivity index (χ1n) is 6.41. The van der Waals surface area contributed by atoms with E-state index in [1.165, 1.54) is 5.56 Å². The summed E-state index contributed by atoms with van der Waals surface area (Å²) in [5, 5.41) is 4.29. The van der Waals surface area contributed by atoms with Gasteiger partial charge in [0.25, 0.3) is 0 Å². The predicted octanol–water partition coefficient (Wildman–Crippen LogP) is 1.46. The highest BCUT2D eigenvalue weighted by Crippen LogP contribution is 2.18. The molecule has 0 spiro atoms. The molecule has 18 heavy (non-hydrogen) atoms. The van der Waals surface area contributed by atoms with E-state index in [-0.39, 0.29) is 0 Å². The molecule has 2 heterocycles. The van der Waals surface area contributed by atoms with Gasteiger partial charge < -0.3 is 10.6 Å². The summed E-state index contributed by atoms with van der Waals surface area (Å²) in [5.74, 6) is 1.55. The number of nitrogens with two attached hydrogens (primary N) is 1. The minimum absolute atomic E-state index is 0.462. The Kier molecular flexibility index (Phi) is 3.81. The number of pyridine rings is 1. The number of anilines is 1. The highest BCUT2D eigenvalue weighted by Gasteiger charge is 2.13. The first kappa shape index (κ1) is 12.8. The van der Waals surface area contributed by atoms with Crippen molar-refractivity contribution in [1.82, 2.24) is 14.6 Å². The molecule has 0 aliphatic heterocycles. The van der Waals surface area contributed by atoms with Crippen LogP contribution in [0.2, 0.25) is 0 Å². The molecule has 2 N–H and O–H groups in total. The van der Waals surface area contributed by atoms with Crippen LogP contribution in [0.1, 0.15) is 19.4 Å². The molecule has 0 aromatic carbocycles. The van der Waals surface area contributed by atoms with Gasteiger partial charge in [0.1, 0.15) is 12.1 Å². The van der Waals surface area contributed by atoms with Gasteiger partial charge in [0.15, 0.2) is 5.65 Å². The van der Waals surface area contributed by atoms with Gasteiger partial charge in [-0.15, -0.1) is 0 Å². The Balaban J connectivity index is 2.40. The highest BCUT2D eigenvalue weighted by atomic mass is 15.4. The lowest BCUT2D eigenvalue weighted by Gasteiger charge is -2.26. The van der Waals surface area contributed by atoms with Crippen molar-refractivity contribution in [2.75, 3.05) is 24.5 Å². The van der Waals surface area contributed by atoms with Crippen LogP contribution in [0.4, 0.5) is 5.82 Å². The molecule has 0 radical (unpaired) electrons. The van der Waals surface area contributed by atoms with Crippen molar-refractivity contribution in [3.63, 3.8) is 0 Å². The highest BCUT2D eigenvalue weighted by molar-refractivity contribution is 5.52. The maximum atomic E-state index is 5.71. The summed E-state index contributed by atoms with van der Waals surface area (Å²) < 4.78 is 1.89. The third-order valence-corrected chi connectivity index (χ3v) is 3.14. The second-order valence-electron chi connectivity index (χ2n) is 4.80. The molecule has 5 nitrogen and oxygen atoms in total. The van der Waals surface area contributed by atoms with E-state index >= 15 is 0 Å². The van der Waals surface area contributed by atoms with Crippen LogP contribution in [0.15, 0.2) is 18.5 Å². The lowest BCUT2D eigenvalue weighted by atomic mass is 10.1. The second kappa shape index (κ2) is 5.35. The van der Waals surface area contributed by atoms with Gasteiger partial charge in [0, 0.05) is 13.1 Å². The lowest BCUT2D eigenvalue weighted by Crippen LogP contribution is -2.32. The summed E-state index contributed by atoms with van der Waals surface area (Å²) in [6.45, 7) is 8.96. The van der Waals surface area contributed by atoms with Gasteiger partial charge in [-0.1, -0.05) is 6.92 Å². The van der Waals surface area contributed by atoms with Crippen molar-refractivity contribution < 1.29 is 0 Å². The Morgan fingerprint density at radius 2 is 2.22 bits per heavy atom. The van der Waals surface area contributed by atoms with Crippen LogP contribution in [0.5, 0.6) is 0 Å². The molecule has 2 rings (SSSR count). The van der Waals surface area contributed by atoms with Crippen LogP contribution < -0.4 is 10.6 Å². The van der Waals surface area contributed by atoms with Crippen LogP contribution in [0.25, 0.3) is 5.65 Å². The minimum atomic E-state index is 0.462. The molecule has 2 aromatic rings. The van der Waals surface area contributed by atoms with Crippen molar-refractivity contribution in [2.24, 2.45) is 11.7 Å². The van der Waals surface area contributed by atoms with Gasteiger partial charge in [0.05, 0.1) is 0 Å². The first-order valence-corrected chi connectivity index (χ1v) is 6.41. The quantitative estimate of drug-likeness (QED) is 0.869. The Morgan fingerprint density at radius 1 is 1.44 bits per heavy atom. The fourth-order valence-corrected chi connectivity index (χ4v) is 2.10. The molecule has 0 aliphatic rings. The number of hydrogen-bond acceptors (Lipinski definition) is 4. The Labute approximate surface area is 108 Å². The van der Waals surface area contributed by atoms with E-state index < -0.39 is 0 Å². The number of aromatic nitrogens is 3. The topological polar surface area (TPSA) is 59.5 Å². The number of nitrogens with zero attached hydrogens (tertiary/aromatic N) is 4. The summed E-state index contributed by atoms with van der Waals surface area (Å²) in [7, 11) is 0. The zero-order valence-electron chi connectivity index (χ0n) is 11.3. The summed E-state index contributed by atoms with van der Waals surface area (Å²) in [5.41, 5.74) is 7.81. The Bertz CT molecular complexity index is 519. The maximum Gasteiger partial charge on any atom is 0.157 e. The minimum Gasteiger partial charge on any atom is -0.356 e. The van der Waals surface area contributed by atoms with E-state index in [0.29, 0.717) is 12.5 Å². The SMILES string of the molecule is CCN(CC(C)CN)c1cc(C)cc2ncnn12.